The van der Waals surface area contributed by atoms with Crippen molar-refractivity contribution in [2.75, 3.05) is 39.0 Å². The lowest BCUT2D eigenvalue weighted by Gasteiger charge is -2.22. The predicted molar refractivity (Wildman–Crippen MR) is 124 cm³/mol. The normalized spacial score (nSPS) is 14.8. The largest absolute Gasteiger partial charge is 0.354 e. The van der Waals surface area contributed by atoms with Gasteiger partial charge in [0.1, 0.15) is 0 Å². The number of amides is 1. The Hall–Kier alpha value is -2.51. The number of rotatable bonds is 6. The molecule has 0 unspecified atom stereocenters. The second-order valence-electron chi connectivity index (χ2n) is 8.20. The van der Waals surface area contributed by atoms with E-state index in [-0.39, 0.29) is 5.91 Å². The molecule has 1 aliphatic heterocycles. The fourth-order valence-corrected chi connectivity index (χ4v) is 5.03. The second-order valence-corrected chi connectivity index (χ2v) is 9.28. The second kappa shape index (κ2) is 9.10. The summed E-state index contributed by atoms with van der Waals surface area (Å²) in [6, 6.07) is 8.03. The minimum atomic E-state index is 0.0188. The lowest BCUT2D eigenvalue weighted by atomic mass is 9.95. The van der Waals surface area contributed by atoms with Crippen LogP contribution in [0.4, 0.5) is 5.95 Å². The molecule has 0 radical (unpaired) electrons. The summed E-state index contributed by atoms with van der Waals surface area (Å²) in [5.74, 6) is 1.49. The molecule has 30 heavy (non-hydrogen) atoms. The van der Waals surface area contributed by atoms with Gasteiger partial charge in [-0.05, 0) is 74.3 Å². The summed E-state index contributed by atoms with van der Waals surface area (Å²) >= 11 is 1.67. The van der Waals surface area contributed by atoms with Gasteiger partial charge in [0, 0.05) is 37.1 Å². The van der Waals surface area contributed by atoms with E-state index in [9.17, 15) is 4.79 Å². The molecule has 0 bridgehead atoms. The van der Waals surface area contributed by atoms with Gasteiger partial charge in [0.05, 0.1) is 10.6 Å². The molecule has 0 aliphatic carbocycles. The Morgan fingerprint density at radius 2 is 2.07 bits per heavy atom. The number of aromatic nitrogens is 2. The van der Waals surface area contributed by atoms with E-state index in [1.54, 1.807) is 30.3 Å². The molecule has 2 N–H and O–H groups in total. The average molecular weight is 424 g/mol. The summed E-state index contributed by atoms with van der Waals surface area (Å²) in [6.07, 6.45) is 5.55. The highest BCUT2D eigenvalue weighted by molar-refractivity contribution is 7.22. The first-order chi connectivity index (χ1) is 14.5. The third-order valence-electron chi connectivity index (χ3n) is 5.67. The maximum Gasteiger partial charge on any atom is 0.253 e. The van der Waals surface area contributed by atoms with Gasteiger partial charge in [0.2, 0.25) is 5.95 Å². The van der Waals surface area contributed by atoms with E-state index in [0.29, 0.717) is 11.5 Å². The van der Waals surface area contributed by atoms with Crippen molar-refractivity contribution in [3.8, 4) is 10.6 Å². The number of hydrogen-bond donors (Lipinski definition) is 2. The number of piperidine rings is 1. The van der Waals surface area contributed by atoms with Crippen molar-refractivity contribution in [3.05, 3.63) is 41.6 Å². The Kier molecular flexibility index (Phi) is 6.29. The molecule has 3 heterocycles. The van der Waals surface area contributed by atoms with Crippen LogP contribution >= 0.6 is 11.3 Å². The van der Waals surface area contributed by atoms with Crippen LogP contribution in [-0.2, 0) is 0 Å². The molecule has 1 saturated heterocycles. The Bertz CT molecular complexity index is 1040. The quantitative estimate of drug-likeness (QED) is 0.623. The summed E-state index contributed by atoms with van der Waals surface area (Å²) in [7, 11) is 3.55. The van der Waals surface area contributed by atoms with Gasteiger partial charge in [-0.15, -0.1) is 11.3 Å². The molecule has 4 rings (SSSR count). The number of hydrogen-bond acceptors (Lipinski definition) is 6. The average Bonchev–Trinajstić information content (AvgIpc) is 3.18. The molecule has 3 aromatic rings. The number of aryl methyl sites for hydroxylation is 1. The summed E-state index contributed by atoms with van der Waals surface area (Å²) in [5.41, 5.74) is 2.71. The molecular weight excluding hydrogens is 394 g/mol. The maximum absolute atomic E-state index is 12.3. The van der Waals surface area contributed by atoms with Crippen LogP contribution in [0.3, 0.4) is 0 Å². The van der Waals surface area contributed by atoms with Gasteiger partial charge in [-0.25, -0.2) is 9.97 Å². The van der Waals surface area contributed by atoms with E-state index < -0.39 is 0 Å². The highest BCUT2D eigenvalue weighted by Crippen LogP contribution is 2.35. The van der Waals surface area contributed by atoms with Crippen LogP contribution in [0, 0.1) is 12.8 Å². The zero-order valence-corrected chi connectivity index (χ0v) is 18.7. The third-order valence-corrected chi connectivity index (χ3v) is 6.78. The first-order valence-electron chi connectivity index (χ1n) is 10.5. The molecule has 158 valence electrons. The third kappa shape index (κ3) is 4.63. The lowest BCUT2D eigenvalue weighted by Crippen LogP contribution is -2.28. The number of fused-ring (bicyclic) bond motifs is 1. The van der Waals surface area contributed by atoms with Gasteiger partial charge < -0.3 is 15.5 Å². The van der Waals surface area contributed by atoms with E-state index in [2.05, 4.69) is 21.7 Å². The molecular formula is C23H29N5OS. The minimum absolute atomic E-state index is 0.0188. The van der Waals surface area contributed by atoms with Crippen LogP contribution in [0.2, 0.25) is 0 Å². The Morgan fingerprint density at radius 3 is 2.83 bits per heavy atom. The first-order valence-corrected chi connectivity index (χ1v) is 11.4. The number of nitrogens with zero attached hydrogens (tertiary/aromatic N) is 3. The van der Waals surface area contributed by atoms with Crippen LogP contribution < -0.4 is 10.6 Å². The van der Waals surface area contributed by atoms with E-state index in [1.807, 2.05) is 31.3 Å². The van der Waals surface area contributed by atoms with E-state index in [0.717, 1.165) is 58.2 Å². The van der Waals surface area contributed by atoms with Gasteiger partial charge in [-0.2, -0.15) is 0 Å². The number of carbonyl (C=O) groups excluding carboxylic acids is 1. The lowest BCUT2D eigenvalue weighted by molar-refractivity contribution is 0.0828. The number of anilines is 1. The minimum Gasteiger partial charge on any atom is -0.354 e. The first kappa shape index (κ1) is 20.8. The summed E-state index contributed by atoms with van der Waals surface area (Å²) in [4.78, 5) is 24.3. The summed E-state index contributed by atoms with van der Waals surface area (Å²) < 4.78 is 1.09. The van der Waals surface area contributed by atoms with Crippen molar-refractivity contribution >= 4 is 33.3 Å². The summed E-state index contributed by atoms with van der Waals surface area (Å²) in [6.45, 7) is 5.20. The van der Waals surface area contributed by atoms with Crippen LogP contribution in [0.1, 0.15) is 35.2 Å². The van der Waals surface area contributed by atoms with Crippen molar-refractivity contribution in [3.63, 3.8) is 0 Å². The van der Waals surface area contributed by atoms with Gasteiger partial charge in [-0.1, -0.05) is 6.07 Å². The molecule has 0 atom stereocenters. The fourth-order valence-electron chi connectivity index (χ4n) is 3.87. The van der Waals surface area contributed by atoms with Gasteiger partial charge >= 0.3 is 0 Å². The van der Waals surface area contributed by atoms with Gasteiger partial charge in [0.25, 0.3) is 5.91 Å². The Labute approximate surface area is 181 Å². The van der Waals surface area contributed by atoms with Crippen LogP contribution in [-0.4, -0.2) is 54.5 Å². The monoisotopic (exact) mass is 423 g/mol. The highest BCUT2D eigenvalue weighted by atomic mass is 32.1. The standard InChI is InChI=1S/C23H29N5OS/c1-15-14-26-23(25-11-8-16-6-9-24-10-7-16)27-21(15)20-12-17-4-5-18(13-19(17)30-20)22(29)28(2)3/h4-5,12-14,16,24H,6-11H2,1-3H3,(H,25,26,27). The van der Waals surface area contributed by atoms with E-state index in [4.69, 9.17) is 4.98 Å². The highest BCUT2D eigenvalue weighted by Gasteiger charge is 2.15. The van der Waals surface area contributed by atoms with Crippen molar-refractivity contribution in [1.29, 1.82) is 0 Å². The molecule has 0 spiro atoms. The zero-order chi connectivity index (χ0) is 21.1. The molecule has 0 saturated carbocycles. The molecule has 1 aliphatic rings. The van der Waals surface area contributed by atoms with E-state index >= 15 is 0 Å². The molecule has 1 amide bonds. The van der Waals surface area contributed by atoms with Crippen LogP contribution in [0.25, 0.3) is 20.7 Å². The molecule has 2 aromatic heterocycles. The molecule has 7 heteroatoms. The van der Waals surface area contributed by atoms with Crippen LogP contribution in [0.5, 0.6) is 0 Å². The number of carbonyl (C=O) groups is 1. The Morgan fingerprint density at radius 1 is 1.27 bits per heavy atom. The number of thiophene rings is 1. The number of nitrogens with one attached hydrogen (secondary N) is 2. The van der Waals surface area contributed by atoms with Crippen molar-refractivity contribution in [1.82, 2.24) is 20.2 Å². The topological polar surface area (TPSA) is 70.1 Å². The Balaban J connectivity index is 1.51. The summed E-state index contributed by atoms with van der Waals surface area (Å²) in [5, 5.41) is 7.96. The van der Waals surface area contributed by atoms with Gasteiger partial charge in [-0.3, -0.25) is 4.79 Å². The molecule has 1 aromatic carbocycles. The van der Waals surface area contributed by atoms with E-state index in [1.165, 1.54) is 12.8 Å². The zero-order valence-electron chi connectivity index (χ0n) is 17.9. The van der Waals surface area contributed by atoms with Crippen molar-refractivity contribution < 1.29 is 4.79 Å². The maximum atomic E-state index is 12.3. The predicted octanol–water partition coefficient (Wildman–Crippen LogP) is 4.17. The smallest absolute Gasteiger partial charge is 0.253 e. The molecule has 1 fully saturated rings. The number of benzene rings is 1. The van der Waals surface area contributed by atoms with Gasteiger partial charge in [0.15, 0.2) is 0 Å². The fraction of sp³-hybridized carbons (Fsp3) is 0.435. The van der Waals surface area contributed by atoms with Crippen molar-refractivity contribution in [2.24, 2.45) is 5.92 Å². The SMILES string of the molecule is Cc1cnc(NCCC2CCNCC2)nc1-c1cc2ccc(C(=O)N(C)C)cc2s1. The van der Waals surface area contributed by atoms with Crippen molar-refractivity contribution in [2.45, 2.75) is 26.2 Å². The van der Waals surface area contributed by atoms with Crippen LogP contribution in [0.15, 0.2) is 30.5 Å². The molecule has 6 nitrogen and oxygen atoms in total.